The third-order valence-electron chi connectivity index (χ3n) is 3.17. The highest BCUT2D eigenvalue weighted by Gasteiger charge is 2.21. The van der Waals surface area contributed by atoms with Crippen molar-refractivity contribution in [3.8, 4) is 0 Å². The quantitative estimate of drug-likeness (QED) is 0.810. The first kappa shape index (κ1) is 12.4. The SMILES string of the molecule is CCN(CC1CCC1)c1ncc(Br)cc1Br. The monoisotopic (exact) mass is 346 g/mol. The molecule has 0 aliphatic heterocycles. The fourth-order valence-electron chi connectivity index (χ4n) is 1.99. The Morgan fingerprint density at radius 2 is 2.19 bits per heavy atom. The van der Waals surface area contributed by atoms with E-state index in [-0.39, 0.29) is 0 Å². The van der Waals surface area contributed by atoms with Crippen molar-refractivity contribution in [3.05, 3.63) is 21.2 Å². The van der Waals surface area contributed by atoms with Crippen molar-refractivity contribution < 1.29 is 0 Å². The number of halogens is 2. The zero-order chi connectivity index (χ0) is 11.5. The Morgan fingerprint density at radius 1 is 1.44 bits per heavy atom. The molecule has 1 aliphatic rings. The van der Waals surface area contributed by atoms with Crippen LogP contribution in [0.4, 0.5) is 5.82 Å². The van der Waals surface area contributed by atoms with Crippen molar-refractivity contribution in [2.75, 3.05) is 18.0 Å². The van der Waals surface area contributed by atoms with Gasteiger partial charge < -0.3 is 4.90 Å². The van der Waals surface area contributed by atoms with Gasteiger partial charge in [0, 0.05) is 23.8 Å². The van der Waals surface area contributed by atoms with Crippen LogP contribution in [0, 0.1) is 5.92 Å². The molecule has 0 unspecified atom stereocenters. The highest BCUT2D eigenvalue weighted by molar-refractivity contribution is 9.11. The van der Waals surface area contributed by atoms with E-state index in [9.17, 15) is 0 Å². The van der Waals surface area contributed by atoms with Gasteiger partial charge in [-0.05, 0) is 63.6 Å². The Balaban J connectivity index is 2.11. The van der Waals surface area contributed by atoms with Crippen molar-refractivity contribution in [1.82, 2.24) is 4.98 Å². The van der Waals surface area contributed by atoms with Crippen molar-refractivity contribution >= 4 is 37.7 Å². The van der Waals surface area contributed by atoms with Crippen LogP contribution in [0.15, 0.2) is 21.2 Å². The van der Waals surface area contributed by atoms with Gasteiger partial charge in [-0.25, -0.2) is 4.98 Å². The summed E-state index contributed by atoms with van der Waals surface area (Å²) in [5, 5.41) is 0. The van der Waals surface area contributed by atoms with Crippen molar-refractivity contribution in [2.45, 2.75) is 26.2 Å². The molecular weight excluding hydrogens is 332 g/mol. The molecule has 0 atom stereocenters. The van der Waals surface area contributed by atoms with Crippen molar-refractivity contribution in [3.63, 3.8) is 0 Å². The van der Waals surface area contributed by atoms with Crippen LogP contribution >= 0.6 is 31.9 Å². The molecule has 1 fully saturated rings. The van der Waals surface area contributed by atoms with Crippen molar-refractivity contribution in [2.24, 2.45) is 5.92 Å². The first-order chi connectivity index (χ1) is 7.70. The smallest absolute Gasteiger partial charge is 0.142 e. The second-order valence-electron chi connectivity index (χ2n) is 4.29. The molecule has 1 heterocycles. The lowest BCUT2D eigenvalue weighted by atomic mass is 9.85. The number of nitrogens with zero attached hydrogens (tertiary/aromatic N) is 2. The molecule has 4 heteroatoms. The van der Waals surface area contributed by atoms with E-state index < -0.39 is 0 Å². The zero-order valence-corrected chi connectivity index (χ0v) is 12.6. The highest BCUT2D eigenvalue weighted by Crippen LogP contribution is 2.31. The van der Waals surface area contributed by atoms with Crippen LogP contribution in [0.25, 0.3) is 0 Å². The van der Waals surface area contributed by atoms with E-state index in [2.05, 4.69) is 54.7 Å². The number of anilines is 1. The summed E-state index contributed by atoms with van der Waals surface area (Å²) in [6, 6.07) is 2.06. The Hall–Kier alpha value is -0.0900. The van der Waals surface area contributed by atoms with E-state index in [1.165, 1.54) is 19.3 Å². The van der Waals surface area contributed by atoms with Gasteiger partial charge in [0.25, 0.3) is 0 Å². The lowest BCUT2D eigenvalue weighted by Crippen LogP contribution is -2.33. The molecule has 0 bridgehead atoms. The summed E-state index contributed by atoms with van der Waals surface area (Å²) >= 11 is 7.02. The van der Waals surface area contributed by atoms with Crippen molar-refractivity contribution in [1.29, 1.82) is 0 Å². The fraction of sp³-hybridized carbons (Fsp3) is 0.583. The van der Waals surface area contributed by atoms with Crippen LogP contribution in [0.3, 0.4) is 0 Å². The minimum Gasteiger partial charge on any atom is -0.356 e. The predicted octanol–water partition coefficient (Wildman–Crippen LogP) is 4.23. The van der Waals surface area contributed by atoms with E-state index in [1.54, 1.807) is 0 Å². The normalized spacial score (nSPS) is 15.9. The molecule has 2 nitrogen and oxygen atoms in total. The maximum atomic E-state index is 4.49. The summed E-state index contributed by atoms with van der Waals surface area (Å²) in [6.45, 7) is 4.35. The molecule has 1 aromatic heterocycles. The second kappa shape index (κ2) is 5.50. The maximum Gasteiger partial charge on any atom is 0.142 e. The topological polar surface area (TPSA) is 16.1 Å². The van der Waals surface area contributed by atoms with Crippen LogP contribution in [-0.2, 0) is 0 Å². The Kier molecular flexibility index (Phi) is 4.25. The van der Waals surface area contributed by atoms with E-state index in [0.717, 1.165) is 33.8 Å². The number of rotatable bonds is 4. The molecule has 1 aromatic rings. The van der Waals surface area contributed by atoms with Crippen LogP contribution < -0.4 is 4.90 Å². The summed E-state index contributed by atoms with van der Waals surface area (Å²) in [5.74, 6) is 1.94. The molecule has 0 amide bonds. The van der Waals surface area contributed by atoms with Crippen LogP contribution in [-0.4, -0.2) is 18.1 Å². The molecular formula is C12H16Br2N2. The van der Waals surface area contributed by atoms with Gasteiger partial charge in [0.15, 0.2) is 0 Å². The van der Waals surface area contributed by atoms with E-state index in [1.807, 2.05) is 6.20 Å². The minimum absolute atomic E-state index is 0.872. The number of aromatic nitrogens is 1. The molecule has 2 rings (SSSR count). The minimum atomic E-state index is 0.872. The van der Waals surface area contributed by atoms with E-state index >= 15 is 0 Å². The first-order valence-electron chi connectivity index (χ1n) is 5.76. The molecule has 88 valence electrons. The molecule has 16 heavy (non-hydrogen) atoms. The molecule has 0 radical (unpaired) electrons. The average Bonchev–Trinajstić information content (AvgIpc) is 2.18. The van der Waals surface area contributed by atoms with Crippen LogP contribution in [0.1, 0.15) is 26.2 Å². The van der Waals surface area contributed by atoms with Gasteiger partial charge in [-0.3, -0.25) is 0 Å². The third-order valence-corrected chi connectivity index (χ3v) is 4.19. The van der Waals surface area contributed by atoms with E-state index in [4.69, 9.17) is 0 Å². The number of pyridine rings is 1. The lowest BCUT2D eigenvalue weighted by Gasteiger charge is -2.32. The average molecular weight is 348 g/mol. The standard InChI is InChI=1S/C12H16Br2N2/c1-2-16(8-9-4-3-5-9)12-11(14)6-10(13)7-15-12/h6-7,9H,2-5,8H2,1H3. The van der Waals surface area contributed by atoms with Gasteiger partial charge in [-0.2, -0.15) is 0 Å². The third kappa shape index (κ3) is 2.77. The van der Waals surface area contributed by atoms with Crippen LogP contribution in [0.2, 0.25) is 0 Å². The summed E-state index contributed by atoms with van der Waals surface area (Å²) in [7, 11) is 0. The second-order valence-corrected chi connectivity index (χ2v) is 6.06. The van der Waals surface area contributed by atoms with Gasteiger partial charge in [0.1, 0.15) is 5.82 Å². The number of hydrogen-bond donors (Lipinski definition) is 0. The summed E-state index contributed by atoms with van der Waals surface area (Å²) in [4.78, 5) is 6.85. The van der Waals surface area contributed by atoms with Gasteiger partial charge in [0.05, 0.1) is 4.47 Å². The van der Waals surface area contributed by atoms with Gasteiger partial charge in [0.2, 0.25) is 0 Å². The van der Waals surface area contributed by atoms with Gasteiger partial charge >= 0.3 is 0 Å². The molecule has 1 saturated carbocycles. The Labute approximate surface area is 114 Å². The molecule has 0 spiro atoms. The molecule has 0 aromatic carbocycles. The summed E-state index contributed by atoms with van der Waals surface area (Å²) in [6.07, 6.45) is 6.02. The molecule has 0 N–H and O–H groups in total. The first-order valence-corrected chi connectivity index (χ1v) is 7.35. The van der Waals surface area contributed by atoms with Crippen LogP contribution in [0.5, 0.6) is 0 Å². The van der Waals surface area contributed by atoms with E-state index in [0.29, 0.717) is 0 Å². The Morgan fingerprint density at radius 3 is 2.69 bits per heavy atom. The van der Waals surface area contributed by atoms with Gasteiger partial charge in [-0.15, -0.1) is 0 Å². The predicted molar refractivity (Wildman–Crippen MR) is 74.9 cm³/mol. The zero-order valence-electron chi connectivity index (χ0n) is 9.42. The molecule has 0 saturated heterocycles. The Bertz CT molecular complexity index is 364. The summed E-state index contributed by atoms with van der Waals surface area (Å²) < 4.78 is 2.09. The maximum absolute atomic E-state index is 4.49. The number of hydrogen-bond acceptors (Lipinski definition) is 2. The summed E-state index contributed by atoms with van der Waals surface area (Å²) in [5.41, 5.74) is 0. The molecule has 1 aliphatic carbocycles. The fourth-order valence-corrected chi connectivity index (χ4v) is 3.23. The highest BCUT2D eigenvalue weighted by atomic mass is 79.9. The van der Waals surface area contributed by atoms with Gasteiger partial charge in [-0.1, -0.05) is 6.42 Å². The largest absolute Gasteiger partial charge is 0.356 e. The lowest BCUT2D eigenvalue weighted by molar-refractivity contribution is 0.318.